The van der Waals surface area contributed by atoms with Crippen molar-refractivity contribution in [2.24, 2.45) is 5.41 Å². The van der Waals surface area contributed by atoms with Crippen LogP contribution in [0.3, 0.4) is 0 Å². The molecule has 56 valence electrons. The van der Waals surface area contributed by atoms with Gasteiger partial charge in [-0.1, -0.05) is 18.6 Å². The van der Waals surface area contributed by atoms with Crippen LogP contribution in [0.15, 0.2) is 12.2 Å². The molecule has 2 fully saturated rings. The summed E-state index contributed by atoms with van der Waals surface area (Å²) in [5, 5.41) is 0. The van der Waals surface area contributed by atoms with Crippen LogP contribution in [0.2, 0.25) is 0 Å². The highest BCUT2D eigenvalue weighted by Crippen LogP contribution is 2.52. The quantitative estimate of drug-likeness (QED) is 0.448. The third-order valence-corrected chi connectivity index (χ3v) is 3.43. The van der Waals surface area contributed by atoms with Gasteiger partial charge in [-0.3, -0.25) is 0 Å². The molecular formula is C10H16. The summed E-state index contributed by atoms with van der Waals surface area (Å²) in [5.41, 5.74) is 2.32. The number of hydrogen-bond acceptors (Lipinski definition) is 0. The Balaban J connectivity index is 1.96. The molecule has 1 spiro atoms. The third-order valence-electron chi connectivity index (χ3n) is 3.43. The van der Waals surface area contributed by atoms with Gasteiger partial charge in [-0.2, -0.15) is 0 Å². The summed E-state index contributed by atoms with van der Waals surface area (Å²) in [4.78, 5) is 0. The highest BCUT2D eigenvalue weighted by atomic mass is 14.4. The van der Waals surface area contributed by atoms with Gasteiger partial charge in [-0.15, -0.1) is 0 Å². The molecule has 0 amide bonds. The van der Waals surface area contributed by atoms with Crippen molar-refractivity contribution in [3.05, 3.63) is 12.2 Å². The van der Waals surface area contributed by atoms with E-state index in [9.17, 15) is 0 Å². The van der Waals surface area contributed by atoms with Gasteiger partial charge in [0, 0.05) is 0 Å². The molecule has 0 aromatic rings. The molecule has 0 saturated heterocycles. The molecule has 0 atom stereocenters. The number of rotatable bonds is 0. The van der Waals surface area contributed by atoms with Crippen LogP contribution < -0.4 is 0 Å². The van der Waals surface area contributed by atoms with Gasteiger partial charge in [0.1, 0.15) is 0 Å². The second kappa shape index (κ2) is 2.11. The fraction of sp³-hybridized carbons (Fsp3) is 0.800. The first-order valence-electron chi connectivity index (χ1n) is 4.47. The zero-order chi connectivity index (χ0) is 7.03. The van der Waals surface area contributed by atoms with E-state index in [1.54, 1.807) is 0 Å². The van der Waals surface area contributed by atoms with E-state index in [1.807, 2.05) is 0 Å². The van der Waals surface area contributed by atoms with Crippen LogP contribution >= 0.6 is 0 Å². The summed E-state index contributed by atoms with van der Waals surface area (Å²) in [6, 6.07) is 0. The first-order chi connectivity index (χ1) is 4.81. The lowest BCUT2D eigenvalue weighted by Gasteiger charge is -2.45. The monoisotopic (exact) mass is 136 g/mol. The lowest BCUT2D eigenvalue weighted by atomic mass is 9.60. The molecule has 0 heterocycles. The summed E-state index contributed by atoms with van der Waals surface area (Å²) < 4.78 is 0. The Labute approximate surface area is 63.3 Å². The van der Waals surface area contributed by atoms with Crippen LogP contribution in [-0.4, -0.2) is 0 Å². The molecule has 0 unspecified atom stereocenters. The average molecular weight is 136 g/mol. The summed E-state index contributed by atoms with van der Waals surface area (Å²) in [7, 11) is 0. The Kier molecular flexibility index (Phi) is 1.36. The third kappa shape index (κ3) is 0.902. The molecule has 0 nitrogen and oxygen atoms in total. The summed E-state index contributed by atoms with van der Waals surface area (Å²) in [6.45, 7) is 4.04. The Bertz CT molecular complexity index is 139. The number of hydrogen-bond donors (Lipinski definition) is 0. The van der Waals surface area contributed by atoms with E-state index in [4.69, 9.17) is 0 Å². The first-order valence-corrected chi connectivity index (χ1v) is 4.47. The molecule has 0 aromatic carbocycles. The maximum Gasteiger partial charge on any atom is -0.0291 e. The van der Waals surface area contributed by atoms with Gasteiger partial charge in [0.25, 0.3) is 0 Å². The van der Waals surface area contributed by atoms with Crippen molar-refractivity contribution in [3.8, 4) is 0 Å². The van der Waals surface area contributed by atoms with E-state index in [-0.39, 0.29) is 0 Å². The zero-order valence-corrected chi connectivity index (χ0v) is 6.66. The topological polar surface area (TPSA) is 0 Å². The fourth-order valence-corrected chi connectivity index (χ4v) is 2.31. The van der Waals surface area contributed by atoms with E-state index in [0.29, 0.717) is 0 Å². The molecule has 0 aromatic heterocycles. The van der Waals surface area contributed by atoms with Gasteiger partial charge in [0.05, 0.1) is 0 Å². The van der Waals surface area contributed by atoms with E-state index in [2.05, 4.69) is 6.58 Å². The maximum atomic E-state index is 4.04. The SMILES string of the molecule is C=C1CCC2(CCC2)CC1. The van der Waals surface area contributed by atoms with E-state index >= 15 is 0 Å². The summed E-state index contributed by atoms with van der Waals surface area (Å²) in [6.07, 6.45) is 10.1. The van der Waals surface area contributed by atoms with Gasteiger partial charge in [-0.25, -0.2) is 0 Å². The second-order valence-electron chi connectivity index (χ2n) is 4.10. The molecule has 0 N–H and O–H groups in total. The predicted octanol–water partition coefficient (Wildman–Crippen LogP) is 3.29. The van der Waals surface area contributed by atoms with Gasteiger partial charge in [-0.05, 0) is 43.9 Å². The highest BCUT2D eigenvalue weighted by molar-refractivity contribution is 5.04. The Hall–Kier alpha value is -0.260. The van der Waals surface area contributed by atoms with Gasteiger partial charge >= 0.3 is 0 Å². The van der Waals surface area contributed by atoms with Crippen molar-refractivity contribution in [1.82, 2.24) is 0 Å². The molecule has 2 saturated carbocycles. The van der Waals surface area contributed by atoms with Crippen molar-refractivity contribution in [2.75, 3.05) is 0 Å². The molecule has 2 aliphatic rings. The fourth-order valence-electron chi connectivity index (χ4n) is 2.31. The first kappa shape index (κ1) is 6.45. The second-order valence-corrected chi connectivity index (χ2v) is 4.10. The highest BCUT2D eigenvalue weighted by Gasteiger charge is 2.37. The lowest BCUT2D eigenvalue weighted by molar-refractivity contribution is 0.0929. The van der Waals surface area contributed by atoms with Gasteiger partial charge < -0.3 is 0 Å². The molecule has 2 aliphatic carbocycles. The van der Waals surface area contributed by atoms with Crippen molar-refractivity contribution in [1.29, 1.82) is 0 Å². The molecule has 0 aliphatic heterocycles. The molecule has 10 heavy (non-hydrogen) atoms. The van der Waals surface area contributed by atoms with Crippen LogP contribution in [-0.2, 0) is 0 Å². The molecule has 0 radical (unpaired) electrons. The summed E-state index contributed by atoms with van der Waals surface area (Å²) in [5.74, 6) is 0. The maximum absolute atomic E-state index is 4.04. The van der Waals surface area contributed by atoms with Crippen LogP contribution in [0.25, 0.3) is 0 Å². The Morgan fingerprint density at radius 3 is 2.00 bits per heavy atom. The van der Waals surface area contributed by atoms with E-state index < -0.39 is 0 Å². The van der Waals surface area contributed by atoms with Gasteiger partial charge in [0.2, 0.25) is 0 Å². The normalized spacial score (nSPS) is 30.2. The smallest absolute Gasteiger partial charge is 0.0291 e. The van der Waals surface area contributed by atoms with Crippen LogP contribution in [0.1, 0.15) is 44.9 Å². The van der Waals surface area contributed by atoms with Crippen molar-refractivity contribution < 1.29 is 0 Å². The number of allylic oxidation sites excluding steroid dienone is 1. The van der Waals surface area contributed by atoms with E-state index in [1.165, 1.54) is 50.5 Å². The molecular weight excluding hydrogens is 120 g/mol. The standard InChI is InChI=1S/C10H16/c1-9-3-7-10(8-4-9)5-2-6-10/h1-8H2. The Morgan fingerprint density at radius 1 is 1.00 bits per heavy atom. The minimum Gasteiger partial charge on any atom is -0.0999 e. The van der Waals surface area contributed by atoms with E-state index in [0.717, 1.165) is 5.41 Å². The van der Waals surface area contributed by atoms with Crippen LogP contribution in [0.4, 0.5) is 0 Å². The van der Waals surface area contributed by atoms with Gasteiger partial charge in [0.15, 0.2) is 0 Å². The average Bonchev–Trinajstić information content (AvgIpc) is 1.86. The molecule has 0 heteroatoms. The summed E-state index contributed by atoms with van der Waals surface area (Å²) >= 11 is 0. The van der Waals surface area contributed by atoms with Crippen molar-refractivity contribution in [2.45, 2.75) is 44.9 Å². The minimum atomic E-state index is 0.821. The predicted molar refractivity (Wildman–Crippen MR) is 43.9 cm³/mol. The largest absolute Gasteiger partial charge is 0.0999 e. The molecule has 0 bridgehead atoms. The van der Waals surface area contributed by atoms with Crippen molar-refractivity contribution >= 4 is 0 Å². The Morgan fingerprint density at radius 2 is 1.60 bits per heavy atom. The van der Waals surface area contributed by atoms with Crippen LogP contribution in [0, 0.1) is 5.41 Å². The lowest BCUT2D eigenvalue weighted by Crippen LogP contribution is -2.31. The van der Waals surface area contributed by atoms with Crippen LogP contribution in [0.5, 0.6) is 0 Å². The van der Waals surface area contributed by atoms with Crippen molar-refractivity contribution in [3.63, 3.8) is 0 Å². The molecule has 2 rings (SSSR count). The minimum absolute atomic E-state index is 0.821. The zero-order valence-electron chi connectivity index (χ0n) is 6.66.